The molecule has 0 unspecified atom stereocenters. The standard InChI is InChI=1S/C58H39NO/c1-5-17-41(18-6-1)49-25-13-14-26-50(49)42-31-36-48(37-32-42)59(46-23-11-4-12-24-46)47-34-29-40(30-35-47)45-33-38-52-51-27-15-16-28-53(51)58-56(54(52)39-45)55(43-19-7-2-8-20-43)57(60-58)44-21-9-3-10-22-44/h1-39H. The highest BCUT2D eigenvalue weighted by Gasteiger charge is 2.23. The van der Waals surface area contributed by atoms with Gasteiger partial charge in [0.1, 0.15) is 11.3 Å². The number of hydrogen-bond acceptors (Lipinski definition) is 2. The Labute approximate surface area is 349 Å². The molecule has 2 nitrogen and oxygen atoms in total. The van der Waals surface area contributed by atoms with Crippen molar-refractivity contribution in [3.63, 3.8) is 0 Å². The third-order valence-electron chi connectivity index (χ3n) is 11.7. The van der Waals surface area contributed by atoms with Crippen LogP contribution >= 0.6 is 0 Å². The highest BCUT2D eigenvalue weighted by atomic mass is 16.3. The number of furan rings is 1. The van der Waals surface area contributed by atoms with Gasteiger partial charge in [-0.1, -0.05) is 194 Å². The van der Waals surface area contributed by atoms with Gasteiger partial charge in [-0.05, 0) is 97.6 Å². The zero-order valence-corrected chi connectivity index (χ0v) is 32.9. The lowest BCUT2D eigenvalue weighted by Gasteiger charge is -2.26. The molecule has 60 heavy (non-hydrogen) atoms. The molecule has 1 heterocycles. The number of rotatable bonds is 8. The van der Waals surface area contributed by atoms with Gasteiger partial charge in [0.05, 0.1) is 0 Å². The first-order valence-corrected chi connectivity index (χ1v) is 20.5. The Morgan fingerprint density at radius 1 is 0.283 bits per heavy atom. The summed E-state index contributed by atoms with van der Waals surface area (Å²) in [4.78, 5) is 2.33. The molecule has 0 bridgehead atoms. The average Bonchev–Trinajstić information content (AvgIpc) is 3.75. The lowest BCUT2D eigenvalue weighted by atomic mass is 9.90. The fourth-order valence-corrected chi connectivity index (χ4v) is 8.85. The van der Waals surface area contributed by atoms with Crippen LogP contribution in [0.3, 0.4) is 0 Å². The highest BCUT2D eigenvalue weighted by Crippen LogP contribution is 2.48. The van der Waals surface area contributed by atoms with Gasteiger partial charge in [-0.2, -0.15) is 0 Å². The molecule has 2 heteroatoms. The van der Waals surface area contributed by atoms with Gasteiger partial charge < -0.3 is 9.32 Å². The predicted molar refractivity (Wildman–Crippen MR) is 253 cm³/mol. The largest absolute Gasteiger partial charge is 0.455 e. The van der Waals surface area contributed by atoms with E-state index in [2.05, 4.69) is 241 Å². The third kappa shape index (κ3) is 6.23. The number of anilines is 3. The fraction of sp³-hybridized carbons (Fsp3) is 0. The SMILES string of the molecule is c1ccc(-c2ccccc2-c2ccc(N(c3ccccc3)c3ccc(-c4ccc5c6ccccc6c6oc(-c7ccccc7)c(-c7ccccc7)c6c5c4)cc3)cc2)cc1. The lowest BCUT2D eigenvalue weighted by molar-refractivity contribution is 0.636. The maximum absolute atomic E-state index is 6.99. The Balaban J connectivity index is 1.02. The Hall–Kier alpha value is -7.94. The summed E-state index contributed by atoms with van der Waals surface area (Å²) < 4.78 is 6.99. The van der Waals surface area contributed by atoms with Crippen LogP contribution in [0, 0.1) is 0 Å². The fourth-order valence-electron chi connectivity index (χ4n) is 8.85. The summed E-state index contributed by atoms with van der Waals surface area (Å²) in [5, 5.41) is 5.82. The quantitative estimate of drug-likeness (QED) is 0.143. The lowest BCUT2D eigenvalue weighted by Crippen LogP contribution is -2.09. The van der Waals surface area contributed by atoms with Crippen LogP contribution in [-0.2, 0) is 0 Å². The summed E-state index contributed by atoms with van der Waals surface area (Å²) in [6.45, 7) is 0. The van der Waals surface area contributed by atoms with Crippen molar-refractivity contribution < 1.29 is 4.42 Å². The van der Waals surface area contributed by atoms with Gasteiger partial charge in [-0.15, -0.1) is 0 Å². The molecule has 0 saturated heterocycles. The first-order valence-electron chi connectivity index (χ1n) is 20.5. The van der Waals surface area contributed by atoms with Gasteiger partial charge >= 0.3 is 0 Å². The molecule has 0 saturated carbocycles. The van der Waals surface area contributed by atoms with Crippen LogP contribution in [0.1, 0.15) is 0 Å². The van der Waals surface area contributed by atoms with Crippen LogP contribution < -0.4 is 4.90 Å². The minimum absolute atomic E-state index is 0.888. The first kappa shape index (κ1) is 35.2. The van der Waals surface area contributed by atoms with Crippen molar-refractivity contribution in [2.24, 2.45) is 0 Å². The third-order valence-corrected chi connectivity index (χ3v) is 11.7. The van der Waals surface area contributed by atoms with E-state index in [0.29, 0.717) is 0 Å². The van der Waals surface area contributed by atoms with Crippen molar-refractivity contribution in [2.75, 3.05) is 4.90 Å². The van der Waals surface area contributed by atoms with Gasteiger partial charge in [0.15, 0.2) is 0 Å². The Bertz CT molecular complexity index is 3260. The second kappa shape index (κ2) is 15.1. The second-order valence-corrected chi connectivity index (χ2v) is 15.2. The monoisotopic (exact) mass is 765 g/mol. The second-order valence-electron chi connectivity index (χ2n) is 15.2. The van der Waals surface area contributed by atoms with E-state index in [4.69, 9.17) is 4.42 Å². The molecule has 0 N–H and O–H groups in total. The molecule has 1 aromatic heterocycles. The minimum Gasteiger partial charge on any atom is -0.455 e. The maximum atomic E-state index is 6.99. The van der Waals surface area contributed by atoms with Crippen LogP contribution in [0.2, 0.25) is 0 Å². The van der Waals surface area contributed by atoms with E-state index in [-0.39, 0.29) is 0 Å². The van der Waals surface area contributed by atoms with Crippen LogP contribution in [0.4, 0.5) is 17.1 Å². The van der Waals surface area contributed by atoms with Crippen LogP contribution in [0.25, 0.3) is 88.3 Å². The molecule has 0 fully saturated rings. The van der Waals surface area contributed by atoms with Crippen LogP contribution in [-0.4, -0.2) is 0 Å². The van der Waals surface area contributed by atoms with Crippen molar-refractivity contribution in [3.8, 4) is 55.8 Å². The van der Waals surface area contributed by atoms with Crippen molar-refractivity contribution in [2.45, 2.75) is 0 Å². The van der Waals surface area contributed by atoms with E-state index >= 15 is 0 Å². The first-order chi connectivity index (χ1) is 29.8. The summed E-state index contributed by atoms with van der Waals surface area (Å²) in [6.07, 6.45) is 0. The van der Waals surface area contributed by atoms with Crippen molar-refractivity contribution in [1.82, 2.24) is 0 Å². The van der Waals surface area contributed by atoms with Crippen LogP contribution in [0.5, 0.6) is 0 Å². The topological polar surface area (TPSA) is 16.4 Å². The molecule has 0 atom stereocenters. The molecule has 0 radical (unpaired) electrons. The highest BCUT2D eigenvalue weighted by molar-refractivity contribution is 6.29. The molecule has 11 aromatic rings. The molecule has 0 aliphatic heterocycles. The van der Waals surface area contributed by atoms with E-state index in [1.807, 2.05) is 0 Å². The van der Waals surface area contributed by atoms with Crippen molar-refractivity contribution >= 4 is 49.6 Å². The Morgan fingerprint density at radius 3 is 1.33 bits per heavy atom. The zero-order valence-electron chi connectivity index (χ0n) is 32.9. The van der Waals surface area contributed by atoms with E-state index < -0.39 is 0 Å². The molecule has 0 aliphatic carbocycles. The van der Waals surface area contributed by atoms with E-state index in [1.54, 1.807) is 0 Å². The van der Waals surface area contributed by atoms with Crippen molar-refractivity contribution in [1.29, 1.82) is 0 Å². The number of fused-ring (bicyclic) bond motifs is 6. The Kier molecular flexibility index (Phi) is 8.87. The summed E-state index contributed by atoms with van der Waals surface area (Å²) >= 11 is 0. The maximum Gasteiger partial charge on any atom is 0.143 e. The molecule has 282 valence electrons. The summed E-state index contributed by atoms with van der Waals surface area (Å²) in [5.41, 5.74) is 14.7. The summed E-state index contributed by atoms with van der Waals surface area (Å²) in [6, 6.07) is 84.5. The number of para-hydroxylation sites is 1. The van der Waals surface area contributed by atoms with Gasteiger partial charge in [-0.25, -0.2) is 0 Å². The molecule has 0 aliphatic rings. The molecule has 11 rings (SSSR count). The van der Waals surface area contributed by atoms with Gasteiger partial charge in [-0.3, -0.25) is 0 Å². The van der Waals surface area contributed by atoms with Gasteiger partial charge in [0, 0.05) is 39.0 Å². The normalized spacial score (nSPS) is 11.3. The number of hydrogen-bond donors (Lipinski definition) is 0. The minimum atomic E-state index is 0.888. The molecular formula is C58H39NO. The molecular weight excluding hydrogens is 727 g/mol. The average molecular weight is 766 g/mol. The number of benzene rings is 10. The zero-order chi connectivity index (χ0) is 39.8. The smallest absolute Gasteiger partial charge is 0.143 e. The molecule has 0 amide bonds. The van der Waals surface area contributed by atoms with E-state index in [0.717, 1.165) is 67.0 Å². The van der Waals surface area contributed by atoms with E-state index in [9.17, 15) is 0 Å². The summed E-state index contributed by atoms with van der Waals surface area (Å²) in [5.74, 6) is 0.888. The van der Waals surface area contributed by atoms with Gasteiger partial charge in [0.2, 0.25) is 0 Å². The Morgan fingerprint density at radius 2 is 0.717 bits per heavy atom. The summed E-state index contributed by atoms with van der Waals surface area (Å²) in [7, 11) is 0. The molecule has 0 spiro atoms. The number of nitrogens with zero attached hydrogens (tertiary/aromatic N) is 1. The molecule has 10 aromatic carbocycles. The van der Waals surface area contributed by atoms with Crippen molar-refractivity contribution in [3.05, 3.63) is 237 Å². The predicted octanol–water partition coefficient (Wildman–Crippen LogP) is 16.5. The van der Waals surface area contributed by atoms with Gasteiger partial charge in [0.25, 0.3) is 0 Å². The van der Waals surface area contributed by atoms with E-state index in [1.165, 1.54) is 38.4 Å². The van der Waals surface area contributed by atoms with Crippen LogP contribution in [0.15, 0.2) is 241 Å².